The number of carbonyl (C=O) groups excluding carboxylic acids is 1. The average Bonchev–Trinajstić information content (AvgIpc) is 2.05. The summed E-state index contributed by atoms with van der Waals surface area (Å²) in [6.07, 6.45) is 0. The van der Waals surface area contributed by atoms with Gasteiger partial charge in [0.2, 0.25) is 0 Å². The van der Waals surface area contributed by atoms with Crippen LogP contribution in [0.5, 0.6) is 0 Å². The van der Waals surface area contributed by atoms with Gasteiger partial charge in [-0.3, -0.25) is 0 Å². The van der Waals surface area contributed by atoms with Crippen LogP contribution in [0, 0.1) is 0 Å². The monoisotopic (exact) mass is 195 g/mol. The molecule has 1 heterocycles. The Morgan fingerprint density at radius 3 is 2.33 bits per heavy atom. The quantitative estimate of drug-likeness (QED) is 0.601. The summed E-state index contributed by atoms with van der Waals surface area (Å²) in [5.74, 6) is 0. The van der Waals surface area contributed by atoms with Gasteiger partial charge in [-0.15, -0.1) is 12.4 Å². The Hall–Kier alpha value is -0.480. The zero-order chi connectivity index (χ0) is 8.27. The lowest BCUT2D eigenvalue weighted by atomic mass is 10.4. The zero-order valence-corrected chi connectivity index (χ0v) is 8.36. The normalized spacial score (nSPS) is 16.7. The first-order valence-electron chi connectivity index (χ1n) is 3.89. The highest BCUT2D eigenvalue weighted by Crippen LogP contribution is 1.96. The van der Waals surface area contributed by atoms with E-state index >= 15 is 0 Å². The van der Waals surface area contributed by atoms with Gasteiger partial charge in [-0.05, 0) is 0 Å². The zero-order valence-electron chi connectivity index (χ0n) is 7.54. The minimum atomic E-state index is 0. The van der Waals surface area contributed by atoms with Crippen LogP contribution in [-0.4, -0.2) is 56.1 Å². The molecule has 1 aliphatic rings. The molecule has 0 aliphatic carbocycles. The maximum atomic E-state index is 11.3. The van der Waals surface area contributed by atoms with Crippen molar-refractivity contribution in [3.63, 3.8) is 0 Å². The molecule has 1 saturated heterocycles. The largest absolute Gasteiger partial charge is 0.331 e. The molecule has 0 atom stereocenters. The van der Waals surface area contributed by atoms with Gasteiger partial charge < -0.3 is 15.1 Å². The summed E-state index contributed by atoms with van der Waals surface area (Å²) < 4.78 is 0. The fraction of sp³-hybridized carbons (Fsp3) is 0.857. The highest BCUT2D eigenvalue weighted by Gasteiger charge is 2.16. The van der Waals surface area contributed by atoms with Crippen LogP contribution in [0.25, 0.3) is 0 Å². The van der Waals surface area contributed by atoms with Gasteiger partial charge in [-0.2, -0.15) is 0 Å². The van der Waals surface area contributed by atoms with Crippen LogP contribution in [0.4, 0.5) is 4.79 Å². The second kappa shape index (κ2) is 5.22. The maximum Gasteiger partial charge on any atom is 0.319 e. The third-order valence-corrected chi connectivity index (χ3v) is 1.77. The van der Waals surface area contributed by atoms with Crippen molar-refractivity contribution < 1.29 is 6.22 Å². The van der Waals surface area contributed by atoms with E-state index in [1.807, 2.05) is 4.90 Å². The van der Waals surface area contributed by atoms with E-state index in [2.05, 4.69) is 5.32 Å². The summed E-state index contributed by atoms with van der Waals surface area (Å²) in [5, 5.41) is 3.20. The van der Waals surface area contributed by atoms with Crippen molar-refractivity contribution in [3.05, 3.63) is 0 Å². The highest BCUT2D eigenvalue weighted by atomic mass is 35.5. The number of nitrogens with zero attached hydrogens (tertiary/aromatic N) is 2. The number of hydrogen-bond donors (Lipinski definition) is 1. The van der Waals surface area contributed by atoms with Crippen LogP contribution < -0.4 is 5.32 Å². The number of hydrogen-bond acceptors (Lipinski definition) is 2. The van der Waals surface area contributed by atoms with Crippen molar-refractivity contribution in [3.8, 4) is 0 Å². The standard InChI is InChI=1S/C7H15N3O.ClH.H2/c1-9(2)7(11)10-5-3-8-4-6-10;;/h8H,3-6H2,1-2H3;2*1H. The number of rotatable bonds is 0. The first-order valence-corrected chi connectivity index (χ1v) is 3.89. The van der Waals surface area contributed by atoms with E-state index in [1.165, 1.54) is 0 Å². The molecule has 1 N–H and O–H groups in total. The first-order chi connectivity index (χ1) is 5.22. The highest BCUT2D eigenvalue weighted by molar-refractivity contribution is 5.85. The molecule has 2 amide bonds. The minimum Gasteiger partial charge on any atom is -0.331 e. The molecule has 0 aromatic heterocycles. The van der Waals surface area contributed by atoms with Gasteiger partial charge >= 0.3 is 6.03 Å². The predicted octanol–water partition coefficient (Wildman–Crippen LogP) is 0.241. The Balaban J connectivity index is 0. The molecule has 1 aliphatic heterocycles. The van der Waals surface area contributed by atoms with Gasteiger partial charge in [-0.25, -0.2) is 4.79 Å². The lowest BCUT2D eigenvalue weighted by Gasteiger charge is -2.29. The third-order valence-electron chi connectivity index (χ3n) is 1.77. The van der Waals surface area contributed by atoms with Crippen molar-refractivity contribution in [1.82, 2.24) is 15.1 Å². The van der Waals surface area contributed by atoms with Crippen molar-refractivity contribution in [1.29, 1.82) is 0 Å². The molecule has 0 aromatic rings. The number of piperazine rings is 1. The van der Waals surface area contributed by atoms with E-state index in [1.54, 1.807) is 19.0 Å². The minimum absolute atomic E-state index is 0. The Morgan fingerprint density at radius 1 is 1.42 bits per heavy atom. The van der Waals surface area contributed by atoms with Crippen molar-refractivity contribution in [2.45, 2.75) is 0 Å². The van der Waals surface area contributed by atoms with Crippen LogP contribution in [0.15, 0.2) is 0 Å². The van der Waals surface area contributed by atoms with Gasteiger partial charge in [0.15, 0.2) is 0 Å². The van der Waals surface area contributed by atoms with E-state index in [9.17, 15) is 4.79 Å². The molecule has 12 heavy (non-hydrogen) atoms. The van der Waals surface area contributed by atoms with E-state index in [-0.39, 0.29) is 19.9 Å². The van der Waals surface area contributed by atoms with Gasteiger partial charge in [-0.1, -0.05) is 0 Å². The predicted molar refractivity (Wildman–Crippen MR) is 52.9 cm³/mol. The number of carbonyl (C=O) groups is 1. The summed E-state index contributed by atoms with van der Waals surface area (Å²) in [7, 11) is 3.56. The van der Waals surface area contributed by atoms with Gasteiger partial charge in [0, 0.05) is 41.7 Å². The smallest absolute Gasteiger partial charge is 0.319 e. The average molecular weight is 196 g/mol. The number of nitrogens with one attached hydrogen (secondary N) is 1. The lowest BCUT2D eigenvalue weighted by molar-refractivity contribution is 0.164. The Bertz CT molecular complexity index is 151. The molecule has 0 aromatic carbocycles. The Kier molecular flexibility index (Phi) is 5.01. The molecule has 1 rings (SSSR count). The van der Waals surface area contributed by atoms with Gasteiger partial charge in [0.05, 0.1) is 0 Å². The Labute approximate surface area is 80.8 Å². The van der Waals surface area contributed by atoms with Crippen molar-refractivity contribution in [2.24, 2.45) is 0 Å². The van der Waals surface area contributed by atoms with Crippen LogP contribution in [0.2, 0.25) is 0 Å². The topological polar surface area (TPSA) is 35.6 Å². The lowest BCUT2D eigenvalue weighted by Crippen LogP contribution is -2.49. The van der Waals surface area contributed by atoms with E-state index in [0.717, 1.165) is 26.2 Å². The second-order valence-corrected chi connectivity index (χ2v) is 2.91. The summed E-state index contributed by atoms with van der Waals surface area (Å²) in [6.45, 7) is 3.49. The Morgan fingerprint density at radius 2 is 1.92 bits per heavy atom. The summed E-state index contributed by atoms with van der Waals surface area (Å²) in [6, 6.07) is 0.117. The molecule has 0 saturated carbocycles. The van der Waals surface area contributed by atoms with Crippen LogP contribution >= 0.6 is 12.4 Å². The van der Waals surface area contributed by atoms with Crippen molar-refractivity contribution >= 4 is 18.4 Å². The van der Waals surface area contributed by atoms with Crippen LogP contribution in [0.1, 0.15) is 1.43 Å². The van der Waals surface area contributed by atoms with E-state index in [0.29, 0.717) is 0 Å². The molecule has 0 bridgehead atoms. The molecule has 5 heteroatoms. The SMILES string of the molecule is CN(C)C(=O)N1CCNCC1.Cl.[HH]. The molecule has 1 fully saturated rings. The third kappa shape index (κ3) is 2.87. The van der Waals surface area contributed by atoms with Crippen LogP contribution in [-0.2, 0) is 0 Å². The van der Waals surface area contributed by atoms with Crippen LogP contribution in [0.3, 0.4) is 0 Å². The fourth-order valence-electron chi connectivity index (χ4n) is 1.14. The molecule has 0 radical (unpaired) electrons. The first kappa shape index (κ1) is 11.5. The molecule has 4 nitrogen and oxygen atoms in total. The fourth-order valence-corrected chi connectivity index (χ4v) is 1.14. The number of amides is 2. The summed E-state index contributed by atoms with van der Waals surface area (Å²) in [4.78, 5) is 14.8. The number of urea groups is 1. The van der Waals surface area contributed by atoms with Gasteiger partial charge in [0.25, 0.3) is 0 Å². The van der Waals surface area contributed by atoms with E-state index < -0.39 is 0 Å². The van der Waals surface area contributed by atoms with Crippen molar-refractivity contribution in [2.75, 3.05) is 40.3 Å². The summed E-state index contributed by atoms with van der Waals surface area (Å²) >= 11 is 0. The summed E-state index contributed by atoms with van der Waals surface area (Å²) in [5.41, 5.74) is 0. The molecular formula is C7H18ClN3O. The molecule has 0 spiro atoms. The number of halogens is 1. The second-order valence-electron chi connectivity index (χ2n) is 2.91. The van der Waals surface area contributed by atoms with Gasteiger partial charge in [0.1, 0.15) is 0 Å². The molecule has 0 unspecified atom stereocenters. The maximum absolute atomic E-state index is 11.3. The van der Waals surface area contributed by atoms with E-state index in [4.69, 9.17) is 0 Å². The molecule has 74 valence electrons. The molecular weight excluding hydrogens is 178 g/mol.